The number of nitrogens with one attached hydrogen (secondary N) is 2. The summed E-state index contributed by atoms with van der Waals surface area (Å²) >= 11 is 0. The van der Waals surface area contributed by atoms with Gasteiger partial charge < -0.3 is 15.4 Å². The molecule has 2 heterocycles. The smallest absolute Gasteiger partial charge is 0.272 e. The van der Waals surface area contributed by atoms with E-state index >= 15 is 0 Å². The predicted molar refractivity (Wildman–Crippen MR) is 85.0 cm³/mol. The first-order valence-electron chi connectivity index (χ1n) is 7.87. The maximum atomic E-state index is 11.9. The van der Waals surface area contributed by atoms with Crippen molar-refractivity contribution in [2.24, 2.45) is 0 Å². The van der Waals surface area contributed by atoms with Crippen molar-refractivity contribution < 1.29 is 9.53 Å². The number of rotatable bonds is 7. The van der Waals surface area contributed by atoms with Crippen LogP contribution in [0.5, 0.6) is 0 Å². The van der Waals surface area contributed by atoms with Crippen molar-refractivity contribution in [2.75, 3.05) is 44.7 Å². The fourth-order valence-electron chi connectivity index (χ4n) is 2.11. The van der Waals surface area contributed by atoms with Gasteiger partial charge in [-0.3, -0.25) is 9.69 Å². The molecule has 1 aliphatic heterocycles. The van der Waals surface area contributed by atoms with Crippen molar-refractivity contribution in [2.45, 2.75) is 26.3 Å². The van der Waals surface area contributed by atoms with Crippen LogP contribution in [0.3, 0.4) is 0 Å². The van der Waals surface area contributed by atoms with Gasteiger partial charge in [-0.2, -0.15) is 0 Å². The first-order valence-corrected chi connectivity index (χ1v) is 7.87. The highest BCUT2D eigenvalue weighted by molar-refractivity contribution is 5.92. The van der Waals surface area contributed by atoms with Crippen LogP contribution in [-0.4, -0.2) is 66.4 Å². The summed E-state index contributed by atoms with van der Waals surface area (Å²) in [6, 6.07) is 3.63. The monoisotopic (exact) mass is 307 g/mol. The molecular weight excluding hydrogens is 282 g/mol. The number of nitrogens with zero attached hydrogens (tertiary/aromatic N) is 3. The summed E-state index contributed by atoms with van der Waals surface area (Å²) in [5.74, 6) is 0.509. The van der Waals surface area contributed by atoms with Gasteiger partial charge in [0.05, 0.1) is 13.2 Å². The zero-order chi connectivity index (χ0) is 15.8. The minimum atomic E-state index is -0.179. The van der Waals surface area contributed by atoms with Gasteiger partial charge in [-0.05, 0) is 25.5 Å². The molecule has 1 fully saturated rings. The predicted octanol–water partition coefficient (Wildman–Crippen LogP) is 0.749. The van der Waals surface area contributed by atoms with E-state index in [0.29, 0.717) is 11.5 Å². The van der Waals surface area contributed by atoms with E-state index in [0.717, 1.165) is 45.8 Å². The van der Waals surface area contributed by atoms with Crippen LogP contribution >= 0.6 is 0 Å². The van der Waals surface area contributed by atoms with Crippen LogP contribution in [0, 0.1) is 0 Å². The highest BCUT2D eigenvalue weighted by Crippen LogP contribution is 2.03. The summed E-state index contributed by atoms with van der Waals surface area (Å²) in [5.41, 5.74) is 0.346. The molecule has 1 saturated heterocycles. The van der Waals surface area contributed by atoms with E-state index in [2.05, 4.69) is 25.7 Å². The summed E-state index contributed by atoms with van der Waals surface area (Å²) in [7, 11) is 0. The number of aromatic nitrogens is 2. The number of hydrogen-bond donors (Lipinski definition) is 2. The number of hydrogen-bond acceptors (Lipinski definition) is 6. The third-order valence-corrected chi connectivity index (χ3v) is 3.72. The molecule has 1 aromatic rings. The van der Waals surface area contributed by atoms with Crippen molar-refractivity contribution in [1.82, 2.24) is 20.4 Å². The lowest BCUT2D eigenvalue weighted by Gasteiger charge is -2.26. The second-order valence-electron chi connectivity index (χ2n) is 5.47. The van der Waals surface area contributed by atoms with Crippen LogP contribution in [0.15, 0.2) is 12.1 Å². The topological polar surface area (TPSA) is 79.4 Å². The van der Waals surface area contributed by atoms with E-state index in [-0.39, 0.29) is 11.9 Å². The Bertz CT molecular complexity index is 460. The highest BCUT2D eigenvalue weighted by atomic mass is 16.5. The molecule has 7 nitrogen and oxygen atoms in total. The second kappa shape index (κ2) is 8.65. The zero-order valence-electron chi connectivity index (χ0n) is 13.3. The van der Waals surface area contributed by atoms with Crippen molar-refractivity contribution in [3.8, 4) is 0 Å². The Morgan fingerprint density at radius 2 is 2.14 bits per heavy atom. The van der Waals surface area contributed by atoms with Crippen LogP contribution in [0.25, 0.3) is 0 Å². The first kappa shape index (κ1) is 16.6. The number of morpholine rings is 1. The van der Waals surface area contributed by atoms with E-state index in [9.17, 15) is 4.79 Å². The van der Waals surface area contributed by atoms with Crippen LogP contribution in [0.2, 0.25) is 0 Å². The normalized spacial score (nSPS) is 17.0. The Balaban J connectivity index is 1.75. The lowest BCUT2D eigenvalue weighted by atomic mass is 10.2. The second-order valence-corrected chi connectivity index (χ2v) is 5.47. The number of ether oxygens (including phenoxy) is 1. The lowest BCUT2D eigenvalue weighted by Crippen LogP contribution is -2.39. The van der Waals surface area contributed by atoms with Crippen molar-refractivity contribution in [3.63, 3.8) is 0 Å². The van der Waals surface area contributed by atoms with Crippen LogP contribution in [0.1, 0.15) is 30.8 Å². The molecule has 0 aromatic carbocycles. The Morgan fingerprint density at radius 3 is 2.77 bits per heavy atom. The molecule has 122 valence electrons. The van der Waals surface area contributed by atoms with Crippen molar-refractivity contribution in [1.29, 1.82) is 0 Å². The molecule has 1 aromatic heterocycles. The molecule has 2 N–H and O–H groups in total. The number of carbonyl (C=O) groups excluding carboxylic acids is 1. The molecule has 1 aliphatic rings. The summed E-state index contributed by atoms with van der Waals surface area (Å²) in [5, 5.41) is 14.1. The van der Waals surface area contributed by atoms with Gasteiger partial charge in [-0.15, -0.1) is 10.2 Å². The number of carbonyl (C=O) groups is 1. The quantitative estimate of drug-likeness (QED) is 0.774. The SMILES string of the molecule is CCC(C)NC(=O)c1ccc(NCCN2CCOCC2)nn1. The van der Waals surface area contributed by atoms with Gasteiger partial charge in [0.1, 0.15) is 5.82 Å². The summed E-state index contributed by atoms with van der Waals surface area (Å²) in [4.78, 5) is 14.2. The van der Waals surface area contributed by atoms with E-state index in [1.165, 1.54) is 0 Å². The van der Waals surface area contributed by atoms with Gasteiger partial charge in [-0.25, -0.2) is 0 Å². The van der Waals surface area contributed by atoms with Gasteiger partial charge in [0.2, 0.25) is 0 Å². The summed E-state index contributed by atoms with van der Waals surface area (Å²) in [6.07, 6.45) is 0.889. The van der Waals surface area contributed by atoms with Crippen LogP contribution in [-0.2, 0) is 4.74 Å². The van der Waals surface area contributed by atoms with E-state index in [1.807, 2.05) is 13.8 Å². The standard InChI is InChI=1S/C15H25N5O2/c1-3-12(2)17-15(21)13-4-5-14(19-18-13)16-6-7-20-8-10-22-11-9-20/h4-5,12H,3,6-11H2,1-2H3,(H,16,19)(H,17,21). The van der Waals surface area contributed by atoms with Gasteiger partial charge >= 0.3 is 0 Å². The summed E-state index contributed by atoms with van der Waals surface area (Å²) < 4.78 is 5.31. The van der Waals surface area contributed by atoms with Gasteiger partial charge in [-0.1, -0.05) is 6.92 Å². The van der Waals surface area contributed by atoms with E-state index in [1.54, 1.807) is 12.1 Å². The molecule has 0 saturated carbocycles. The lowest BCUT2D eigenvalue weighted by molar-refractivity contribution is 0.0398. The van der Waals surface area contributed by atoms with Gasteiger partial charge in [0.25, 0.3) is 5.91 Å². The molecular formula is C15H25N5O2. The molecule has 0 bridgehead atoms. The molecule has 1 amide bonds. The van der Waals surface area contributed by atoms with Crippen LogP contribution < -0.4 is 10.6 Å². The molecule has 22 heavy (non-hydrogen) atoms. The molecule has 0 aliphatic carbocycles. The first-order chi connectivity index (χ1) is 10.7. The average Bonchev–Trinajstić information content (AvgIpc) is 2.56. The molecule has 0 spiro atoms. The Labute approximate surface area is 131 Å². The van der Waals surface area contributed by atoms with E-state index in [4.69, 9.17) is 4.74 Å². The number of anilines is 1. The molecule has 0 radical (unpaired) electrons. The molecule has 2 rings (SSSR count). The third kappa shape index (κ3) is 5.23. The minimum absolute atomic E-state index is 0.139. The molecule has 7 heteroatoms. The highest BCUT2D eigenvalue weighted by Gasteiger charge is 2.11. The zero-order valence-corrected chi connectivity index (χ0v) is 13.3. The minimum Gasteiger partial charge on any atom is -0.379 e. The maximum absolute atomic E-state index is 11.9. The maximum Gasteiger partial charge on any atom is 0.272 e. The average molecular weight is 307 g/mol. The fraction of sp³-hybridized carbons (Fsp3) is 0.667. The largest absolute Gasteiger partial charge is 0.379 e. The molecule has 1 atom stereocenters. The molecule has 1 unspecified atom stereocenters. The van der Waals surface area contributed by atoms with E-state index < -0.39 is 0 Å². The number of amides is 1. The Hall–Kier alpha value is -1.73. The van der Waals surface area contributed by atoms with Crippen molar-refractivity contribution >= 4 is 11.7 Å². The summed E-state index contributed by atoms with van der Waals surface area (Å²) in [6.45, 7) is 9.29. The van der Waals surface area contributed by atoms with Crippen LogP contribution in [0.4, 0.5) is 5.82 Å². The third-order valence-electron chi connectivity index (χ3n) is 3.72. The Morgan fingerprint density at radius 1 is 1.36 bits per heavy atom. The fourth-order valence-corrected chi connectivity index (χ4v) is 2.11. The Kier molecular flexibility index (Phi) is 6.54. The van der Waals surface area contributed by atoms with Crippen molar-refractivity contribution in [3.05, 3.63) is 17.8 Å². The van der Waals surface area contributed by atoms with Gasteiger partial charge in [0, 0.05) is 32.2 Å². The van der Waals surface area contributed by atoms with Gasteiger partial charge in [0.15, 0.2) is 5.69 Å².